The third-order valence-electron chi connectivity index (χ3n) is 5.64. The lowest BCUT2D eigenvalue weighted by atomic mass is 9.84. The molecule has 4 aromatic heterocycles. The van der Waals surface area contributed by atoms with Gasteiger partial charge in [0.2, 0.25) is 17.6 Å². The number of nitrogens with one attached hydrogen (secondary N) is 2. The Kier molecular flexibility index (Phi) is 4.13. The molecule has 4 heterocycles. The Morgan fingerprint density at radius 2 is 2.10 bits per heavy atom. The maximum absolute atomic E-state index is 10.2. The first kappa shape index (κ1) is 17.9. The van der Waals surface area contributed by atoms with Gasteiger partial charge in [-0.1, -0.05) is 0 Å². The molecule has 1 aliphatic rings. The number of aliphatic hydroxyl groups is 1. The van der Waals surface area contributed by atoms with E-state index in [1.807, 2.05) is 29.9 Å². The van der Waals surface area contributed by atoms with Crippen LogP contribution in [0.4, 0.5) is 5.95 Å². The summed E-state index contributed by atoms with van der Waals surface area (Å²) < 4.78 is 7.46. The average molecular weight is 393 g/mol. The van der Waals surface area contributed by atoms with E-state index in [0.717, 1.165) is 42.2 Å². The first-order valence-electron chi connectivity index (χ1n) is 9.73. The number of anilines is 1. The molecular formula is C20H23N7O2. The number of nitrogens with zero attached hydrogens (tertiary/aromatic N) is 5. The highest BCUT2D eigenvalue weighted by molar-refractivity contribution is 5.97. The molecule has 3 N–H and O–H groups in total. The topological polar surface area (TPSA) is 113 Å². The van der Waals surface area contributed by atoms with Crippen LogP contribution in [0.5, 0.6) is 5.88 Å². The summed E-state index contributed by atoms with van der Waals surface area (Å²) in [6.45, 7) is 1.89. The van der Waals surface area contributed by atoms with Crippen molar-refractivity contribution in [2.45, 2.75) is 44.2 Å². The van der Waals surface area contributed by atoms with Gasteiger partial charge < -0.3 is 20.1 Å². The summed E-state index contributed by atoms with van der Waals surface area (Å²) in [5, 5.41) is 14.4. The summed E-state index contributed by atoms with van der Waals surface area (Å²) in [5.41, 5.74) is 1.96. The molecule has 0 radical (unpaired) electrons. The summed E-state index contributed by atoms with van der Waals surface area (Å²) in [6.07, 6.45) is 12.5. The summed E-state index contributed by atoms with van der Waals surface area (Å²) >= 11 is 0. The molecule has 29 heavy (non-hydrogen) atoms. The van der Waals surface area contributed by atoms with Crippen molar-refractivity contribution in [1.29, 1.82) is 0 Å². The molecule has 5 rings (SSSR count). The first-order chi connectivity index (χ1) is 14.0. The summed E-state index contributed by atoms with van der Waals surface area (Å²) in [5.74, 6) is 1.68. The number of rotatable bonds is 4. The number of imidazole rings is 1. The van der Waals surface area contributed by atoms with Crippen LogP contribution < -0.4 is 10.1 Å². The molecule has 150 valence electrons. The molecule has 0 aromatic carbocycles. The molecule has 1 fully saturated rings. The second-order valence-corrected chi connectivity index (χ2v) is 7.88. The van der Waals surface area contributed by atoms with Crippen LogP contribution in [0.3, 0.4) is 0 Å². The molecule has 0 aliphatic heterocycles. The molecule has 0 spiro atoms. The minimum Gasteiger partial charge on any atom is -0.480 e. The van der Waals surface area contributed by atoms with Crippen molar-refractivity contribution in [2.24, 2.45) is 0 Å². The molecule has 1 aliphatic carbocycles. The van der Waals surface area contributed by atoms with Gasteiger partial charge in [-0.15, -0.1) is 0 Å². The van der Waals surface area contributed by atoms with Crippen LogP contribution in [0, 0.1) is 0 Å². The number of fused-ring (bicyclic) bond motifs is 2. The fourth-order valence-corrected chi connectivity index (χ4v) is 3.96. The number of H-pyrrole nitrogens is 1. The van der Waals surface area contributed by atoms with Crippen LogP contribution in [-0.4, -0.2) is 53.2 Å². The molecule has 4 aromatic rings. The fourth-order valence-electron chi connectivity index (χ4n) is 3.96. The molecule has 0 amide bonds. The Morgan fingerprint density at radius 3 is 2.90 bits per heavy atom. The predicted molar refractivity (Wildman–Crippen MR) is 109 cm³/mol. The van der Waals surface area contributed by atoms with Gasteiger partial charge in [0.1, 0.15) is 5.65 Å². The lowest BCUT2D eigenvalue weighted by molar-refractivity contribution is 0.0195. The maximum atomic E-state index is 10.2. The quantitative estimate of drug-likeness (QED) is 0.488. The second-order valence-electron chi connectivity index (χ2n) is 7.88. The monoisotopic (exact) mass is 393 g/mol. The van der Waals surface area contributed by atoms with Gasteiger partial charge in [0.15, 0.2) is 0 Å². The van der Waals surface area contributed by atoms with E-state index in [1.54, 1.807) is 19.5 Å². The Hall–Kier alpha value is -3.20. The molecule has 9 nitrogen and oxygen atoms in total. The van der Waals surface area contributed by atoms with Gasteiger partial charge in [0.05, 0.1) is 18.1 Å². The van der Waals surface area contributed by atoms with Crippen molar-refractivity contribution in [2.75, 3.05) is 12.4 Å². The Bertz CT molecular complexity index is 1170. The predicted octanol–water partition coefficient (Wildman–Crippen LogP) is 2.78. The van der Waals surface area contributed by atoms with E-state index in [0.29, 0.717) is 23.3 Å². The third kappa shape index (κ3) is 3.27. The molecule has 0 unspecified atom stereocenters. The molecule has 0 saturated heterocycles. The summed E-state index contributed by atoms with van der Waals surface area (Å²) in [4.78, 5) is 21.1. The van der Waals surface area contributed by atoms with Crippen LogP contribution in [0.2, 0.25) is 0 Å². The Morgan fingerprint density at radius 1 is 1.28 bits per heavy atom. The zero-order chi connectivity index (χ0) is 20.0. The minimum atomic E-state index is -0.570. The van der Waals surface area contributed by atoms with Crippen molar-refractivity contribution in [3.63, 3.8) is 0 Å². The highest BCUT2D eigenvalue weighted by atomic mass is 16.5. The van der Waals surface area contributed by atoms with Crippen LogP contribution in [0.1, 0.15) is 32.6 Å². The molecule has 9 heteroatoms. The third-order valence-corrected chi connectivity index (χ3v) is 5.64. The Balaban J connectivity index is 1.49. The number of ether oxygens (including phenoxy) is 1. The van der Waals surface area contributed by atoms with E-state index in [1.165, 1.54) is 0 Å². The highest BCUT2D eigenvalue weighted by Crippen LogP contribution is 2.35. The van der Waals surface area contributed by atoms with E-state index in [4.69, 9.17) is 4.74 Å². The van der Waals surface area contributed by atoms with Crippen molar-refractivity contribution in [1.82, 2.24) is 29.3 Å². The van der Waals surface area contributed by atoms with Crippen LogP contribution in [-0.2, 0) is 0 Å². The normalized spacial score (nSPS) is 22.2. The van der Waals surface area contributed by atoms with Crippen molar-refractivity contribution in [3.05, 3.63) is 31.0 Å². The summed E-state index contributed by atoms with van der Waals surface area (Å²) in [6, 6.07) is 0.236. The SMILES string of the molecule is COc1nc(N[C@H]2CC[C@](C)(O)CC2)nc2[nH]cc(-c3cnc4nccn4c3)c12. The van der Waals surface area contributed by atoms with Crippen molar-refractivity contribution >= 4 is 22.8 Å². The zero-order valence-corrected chi connectivity index (χ0v) is 16.4. The summed E-state index contributed by atoms with van der Waals surface area (Å²) in [7, 11) is 1.61. The number of aromatic amines is 1. The second kappa shape index (κ2) is 6.70. The van der Waals surface area contributed by atoms with Crippen LogP contribution >= 0.6 is 0 Å². The smallest absolute Gasteiger partial charge is 0.233 e. The van der Waals surface area contributed by atoms with Gasteiger partial charge in [0, 0.05) is 48.2 Å². The molecular weight excluding hydrogens is 370 g/mol. The average Bonchev–Trinajstić information content (AvgIpc) is 3.35. The number of hydrogen-bond donors (Lipinski definition) is 3. The van der Waals surface area contributed by atoms with Crippen LogP contribution in [0.25, 0.3) is 27.9 Å². The fraction of sp³-hybridized carbons (Fsp3) is 0.400. The lowest BCUT2D eigenvalue weighted by Gasteiger charge is -2.33. The number of aromatic nitrogens is 6. The van der Waals surface area contributed by atoms with Crippen LogP contribution in [0.15, 0.2) is 31.0 Å². The van der Waals surface area contributed by atoms with E-state index < -0.39 is 5.60 Å². The van der Waals surface area contributed by atoms with E-state index in [2.05, 4.69) is 30.2 Å². The van der Waals surface area contributed by atoms with Gasteiger partial charge in [0.25, 0.3) is 0 Å². The van der Waals surface area contributed by atoms with Gasteiger partial charge >= 0.3 is 0 Å². The van der Waals surface area contributed by atoms with E-state index in [-0.39, 0.29) is 6.04 Å². The van der Waals surface area contributed by atoms with E-state index >= 15 is 0 Å². The Labute approximate surface area is 167 Å². The standard InChI is InChI=1S/C20H23N7O2/c1-20(28)5-3-13(4-6-20)24-18-25-16-15(17(26-18)29-2)14(10-22-16)12-9-23-19-21-7-8-27(19)11-12/h7-11,13,28H,3-6H2,1-2H3,(H2,22,24,25,26)/t13-,20-. The van der Waals surface area contributed by atoms with Gasteiger partial charge in [-0.05, 0) is 32.6 Å². The maximum Gasteiger partial charge on any atom is 0.233 e. The van der Waals surface area contributed by atoms with Gasteiger partial charge in [-0.25, -0.2) is 9.97 Å². The first-order valence-corrected chi connectivity index (χ1v) is 9.73. The van der Waals surface area contributed by atoms with Gasteiger partial charge in [-0.3, -0.25) is 4.40 Å². The molecule has 1 saturated carbocycles. The lowest BCUT2D eigenvalue weighted by Crippen LogP contribution is -2.36. The zero-order valence-electron chi connectivity index (χ0n) is 16.4. The highest BCUT2D eigenvalue weighted by Gasteiger charge is 2.29. The minimum absolute atomic E-state index is 0.236. The molecule has 0 atom stereocenters. The van der Waals surface area contributed by atoms with Crippen molar-refractivity contribution in [3.8, 4) is 17.0 Å². The van der Waals surface area contributed by atoms with E-state index in [9.17, 15) is 5.11 Å². The molecule has 0 bridgehead atoms. The van der Waals surface area contributed by atoms with Gasteiger partial charge in [-0.2, -0.15) is 9.97 Å². The number of methoxy groups -OCH3 is 1. The number of hydrogen-bond acceptors (Lipinski definition) is 7. The van der Waals surface area contributed by atoms with Crippen molar-refractivity contribution < 1.29 is 9.84 Å². The largest absolute Gasteiger partial charge is 0.480 e.